The second-order valence-corrected chi connectivity index (χ2v) is 5.37. The summed E-state index contributed by atoms with van der Waals surface area (Å²) in [5.74, 6) is 0. The largest absolute Gasteiger partial charge is 0.314 e. The predicted molar refractivity (Wildman–Crippen MR) is 74.9 cm³/mol. The van der Waals surface area contributed by atoms with E-state index in [0.29, 0.717) is 0 Å². The smallest absolute Gasteiger partial charge is 0.0208 e. The normalized spacial score (nSPS) is 20.7. The molecule has 1 aromatic carbocycles. The van der Waals surface area contributed by atoms with Crippen molar-refractivity contribution in [3.05, 3.63) is 34.9 Å². The lowest BCUT2D eigenvalue weighted by Gasteiger charge is -2.27. The second kappa shape index (κ2) is 5.83. The van der Waals surface area contributed by atoms with E-state index in [1.807, 2.05) is 0 Å². The predicted octanol–water partition coefficient (Wildman–Crippen LogP) is 0.780. The standard InChI is InChI=1S/C15H23N3/c1-2-14-3-5-17-12-15(14)11-13(1)4-8-18-9-6-16-7-10-18/h1-2,11,16-17H,3-10,12H2. The van der Waals surface area contributed by atoms with E-state index in [9.17, 15) is 0 Å². The van der Waals surface area contributed by atoms with Gasteiger partial charge in [-0.25, -0.2) is 0 Å². The van der Waals surface area contributed by atoms with Crippen LogP contribution >= 0.6 is 0 Å². The average molecular weight is 245 g/mol. The van der Waals surface area contributed by atoms with Crippen LogP contribution in [0.25, 0.3) is 0 Å². The lowest BCUT2D eigenvalue weighted by molar-refractivity contribution is 0.244. The second-order valence-electron chi connectivity index (χ2n) is 5.37. The maximum Gasteiger partial charge on any atom is 0.0208 e. The molecule has 2 N–H and O–H groups in total. The first-order valence-electron chi connectivity index (χ1n) is 7.16. The Bertz CT molecular complexity index is 397. The molecule has 18 heavy (non-hydrogen) atoms. The van der Waals surface area contributed by atoms with Crippen molar-refractivity contribution in [1.29, 1.82) is 0 Å². The molecule has 2 aliphatic rings. The summed E-state index contributed by atoms with van der Waals surface area (Å²) < 4.78 is 0. The van der Waals surface area contributed by atoms with Crippen LogP contribution in [0.5, 0.6) is 0 Å². The van der Waals surface area contributed by atoms with Gasteiger partial charge in [0.25, 0.3) is 0 Å². The average Bonchev–Trinajstić information content (AvgIpc) is 2.46. The molecule has 0 atom stereocenters. The maximum absolute atomic E-state index is 3.45. The SMILES string of the molecule is c1cc2c(cc1CCN1CCNCC1)CNCC2. The number of benzene rings is 1. The van der Waals surface area contributed by atoms with Gasteiger partial charge in [-0.1, -0.05) is 18.2 Å². The number of nitrogens with one attached hydrogen (secondary N) is 2. The summed E-state index contributed by atoms with van der Waals surface area (Å²) in [7, 11) is 0. The summed E-state index contributed by atoms with van der Waals surface area (Å²) in [6.45, 7) is 8.08. The fourth-order valence-electron chi connectivity index (χ4n) is 2.91. The monoisotopic (exact) mass is 245 g/mol. The summed E-state index contributed by atoms with van der Waals surface area (Å²) in [5.41, 5.74) is 4.55. The first kappa shape index (κ1) is 12.2. The quantitative estimate of drug-likeness (QED) is 0.824. The Morgan fingerprint density at radius 2 is 1.89 bits per heavy atom. The Kier molecular flexibility index (Phi) is 3.93. The topological polar surface area (TPSA) is 27.3 Å². The Morgan fingerprint density at radius 1 is 1.00 bits per heavy atom. The molecule has 1 aromatic rings. The minimum Gasteiger partial charge on any atom is -0.314 e. The van der Waals surface area contributed by atoms with Crippen LogP contribution in [0.1, 0.15) is 16.7 Å². The van der Waals surface area contributed by atoms with Crippen LogP contribution in [0.15, 0.2) is 18.2 Å². The fraction of sp³-hybridized carbons (Fsp3) is 0.600. The summed E-state index contributed by atoms with van der Waals surface area (Å²) in [4.78, 5) is 2.56. The number of hydrogen-bond donors (Lipinski definition) is 2. The molecule has 3 heteroatoms. The molecule has 0 aliphatic carbocycles. The number of hydrogen-bond acceptors (Lipinski definition) is 3. The van der Waals surface area contributed by atoms with Gasteiger partial charge in [0.05, 0.1) is 0 Å². The molecular weight excluding hydrogens is 222 g/mol. The van der Waals surface area contributed by atoms with Gasteiger partial charge < -0.3 is 15.5 Å². The van der Waals surface area contributed by atoms with Gasteiger partial charge in [-0.15, -0.1) is 0 Å². The number of piperazine rings is 1. The van der Waals surface area contributed by atoms with Crippen molar-refractivity contribution in [2.75, 3.05) is 39.3 Å². The van der Waals surface area contributed by atoms with Crippen molar-refractivity contribution >= 4 is 0 Å². The Balaban J connectivity index is 1.58. The molecule has 2 aliphatic heterocycles. The van der Waals surface area contributed by atoms with Crippen LogP contribution in [-0.4, -0.2) is 44.2 Å². The third-order valence-electron chi connectivity index (χ3n) is 4.08. The first-order valence-corrected chi connectivity index (χ1v) is 7.16. The third-order valence-corrected chi connectivity index (χ3v) is 4.08. The number of fused-ring (bicyclic) bond motifs is 1. The summed E-state index contributed by atoms with van der Waals surface area (Å²) in [6, 6.07) is 7.07. The molecule has 3 nitrogen and oxygen atoms in total. The van der Waals surface area contributed by atoms with Gasteiger partial charge in [0.15, 0.2) is 0 Å². The molecule has 0 amide bonds. The number of nitrogens with zero attached hydrogens (tertiary/aromatic N) is 1. The molecular formula is C15H23N3. The summed E-state index contributed by atoms with van der Waals surface area (Å²) >= 11 is 0. The summed E-state index contributed by atoms with van der Waals surface area (Å²) in [6.07, 6.45) is 2.38. The minimum absolute atomic E-state index is 1.05. The first-order chi connectivity index (χ1) is 8.92. The molecule has 0 saturated carbocycles. The highest BCUT2D eigenvalue weighted by atomic mass is 15.2. The van der Waals surface area contributed by atoms with E-state index in [0.717, 1.165) is 26.2 Å². The third kappa shape index (κ3) is 2.91. The van der Waals surface area contributed by atoms with Crippen LogP contribution in [0.3, 0.4) is 0 Å². The zero-order valence-corrected chi connectivity index (χ0v) is 11.0. The maximum atomic E-state index is 3.45. The molecule has 0 aromatic heterocycles. The van der Waals surface area contributed by atoms with Crippen molar-refractivity contribution in [3.8, 4) is 0 Å². The molecule has 1 saturated heterocycles. The van der Waals surface area contributed by atoms with E-state index in [1.54, 1.807) is 5.56 Å². The van der Waals surface area contributed by atoms with Crippen LogP contribution in [0.2, 0.25) is 0 Å². The highest BCUT2D eigenvalue weighted by molar-refractivity contribution is 5.33. The van der Waals surface area contributed by atoms with Crippen LogP contribution in [0.4, 0.5) is 0 Å². The van der Waals surface area contributed by atoms with Crippen LogP contribution < -0.4 is 10.6 Å². The van der Waals surface area contributed by atoms with Crippen molar-refractivity contribution < 1.29 is 0 Å². The van der Waals surface area contributed by atoms with Gasteiger partial charge in [-0.3, -0.25) is 0 Å². The Labute approximate surface area is 110 Å². The fourth-order valence-corrected chi connectivity index (χ4v) is 2.91. The van der Waals surface area contributed by atoms with Crippen LogP contribution in [-0.2, 0) is 19.4 Å². The molecule has 98 valence electrons. The molecule has 0 radical (unpaired) electrons. The number of rotatable bonds is 3. The minimum atomic E-state index is 1.05. The zero-order chi connectivity index (χ0) is 12.2. The summed E-state index contributed by atoms with van der Waals surface area (Å²) in [5, 5.41) is 6.86. The van der Waals surface area contributed by atoms with Crippen molar-refractivity contribution in [3.63, 3.8) is 0 Å². The van der Waals surface area contributed by atoms with Gasteiger partial charge in [0.1, 0.15) is 0 Å². The van der Waals surface area contributed by atoms with Crippen molar-refractivity contribution in [1.82, 2.24) is 15.5 Å². The van der Waals surface area contributed by atoms with Gasteiger partial charge in [-0.2, -0.15) is 0 Å². The lowest BCUT2D eigenvalue weighted by Crippen LogP contribution is -2.44. The zero-order valence-electron chi connectivity index (χ0n) is 11.0. The van der Waals surface area contributed by atoms with E-state index in [1.165, 1.54) is 43.6 Å². The molecule has 3 rings (SSSR count). The molecule has 2 heterocycles. The van der Waals surface area contributed by atoms with E-state index in [4.69, 9.17) is 0 Å². The Morgan fingerprint density at radius 3 is 2.78 bits per heavy atom. The van der Waals surface area contributed by atoms with Crippen LogP contribution in [0, 0.1) is 0 Å². The molecule has 1 fully saturated rings. The van der Waals surface area contributed by atoms with Crippen molar-refractivity contribution in [2.45, 2.75) is 19.4 Å². The van der Waals surface area contributed by atoms with E-state index < -0.39 is 0 Å². The van der Waals surface area contributed by atoms with E-state index >= 15 is 0 Å². The van der Waals surface area contributed by atoms with E-state index in [2.05, 4.69) is 33.7 Å². The highest BCUT2D eigenvalue weighted by Crippen LogP contribution is 2.16. The molecule has 0 unspecified atom stereocenters. The van der Waals surface area contributed by atoms with Gasteiger partial charge >= 0.3 is 0 Å². The Hall–Kier alpha value is -0.900. The van der Waals surface area contributed by atoms with Gasteiger partial charge in [0, 0.05) is 39.3 Å². The van der Waals surface area contributed by atoms with E-state index in [-0.39, 0.29) is 0 Å². The molecule has 0 spiro atoms. The lowest BCUT2D eigenvalue weighted by atomic mass is 9.97. The van der Waals surface area contributed by atoms with Gasteiger partial charge in [0.2, 0.25) is 0 Å². The highest BCUT2D eigenvalue weighted by Gasteiger charge is 2.11. The van der Waals surface area contributed by atoms with Gasteiger partial charge in [-0.05, 0) is 36.1 Å². The van der Waals surface area contributed by atoms with Crippen molar-refractivity contribution in [2.24, 2.45) is 0 Å². The molecule has 0 bridgehead atoms.